The summed E-state index contributed by atoms with van der Waals surface area (Å²) in [6, 6.07) is 9.54. The lowest BCUT2D eigenvalue weighted by Gasteiger charge is -2.06. The fourth-order valence-corrected chi connectivity index (χ4v) is 2.15. The first-order valence-electron chi connectivity index (χ1n) is 5.60. The highest BCUT2D eigenvalue weighted by Gasteiger charge is 2.29. The highest BCUT2D eigenvalue weighted by molar-refractivity contribution is 5.89. The Morgan fingerprint density at radius 1 is 1.29 bits per heavy atom. The highest BCUT2D eigenvalue weighted by Crippen LogP contribution is 2.34. The van der Waals surface area contributed by atoms with E-state index in [0.29, 0.717) is 13.0 Å². The van der Waals surface area contributed by atoms with E-state index in [1.54, 1.807) is 12.5 Å². The van der Waals surface area contributed by atoms with Crippen molar-refractivity contribution in [2.45, 2.75) is 12.3 Å². The van der Waals surface area contributed by atoms with Crippen molar-refractivity contribution in [2.75, 3.05) is 6.61 Å². The molecule has 0 radical (unpaired) electrons. The lowest BCUT2D eigenvalue weighted by molar-refractivity contribution is -0.120. The van der Waals surface area contributed by atoms with Gasteiger partial charge in [0, 0.05) is 12.0 Å². The van der Waals surface area contributed by atoms with Crippen molar-refractivity contribution in [1.82, 2.24) is 0 Å². The Morgan fingerprint density at radius 3 is 3.00 bits per heavy atom. The second-order valence-electron chi connectivity index (χ2n) is 4.18. The number of para-hydroxylation sites is 1. The van der Waals surface area contributed by atoms with Gasteiger partial charge in [-0.25, -0.2) is 0 Å². The fourth-order valence-electron chi connectivity index (χ4n) is 2.15. The van der Waals surface area contributed by atoms with E-state index in [-0.39, 0.29) is 11.7 Å². The van der Waals surface area contributed by atoms with Crippen LogP contribution >= 0.6 is 0 Å². The zero-order valence-electron chi connectivity index (χ0n) is 9.26. The normalized spacial score (nSPS) is 17.5. The molecule has 0 saturated carbocycles. The summed E-state index contributed by atoms with van der Waals surface area (Å²) in [7, 11) is 0. The Hall–Kier alpha value is -2.03. The van der Waals surface area contributed by atoms with Gasteiger partial charge in [0.15, 0.2) is 0 Å². The minimum absolute atomic E-state index is 0.138. The molecule has 1 aromatic carbocycles. The monoisotopic (exact) mass is 228 g/mol. The Bertz CT molecular complexity index is 528. The smallest absolute Gasteiger partial charge is 0.148 e. The van der Waals surface area contributed by atoms with E-state index in [9.17, 15) is 4.79 Å². The zero-order chi connectivity index (χ0) is 11.7. The van der Waals surface area contributed by atoms with Gasteiger partial charge in [-0.1, -0.05) is 18.2 Å². The van der Waals surface area contributed by atoms with Crippen LogP contribution in [-0.4, -0.2) is 12.4 Å². The largest absolute Gasteiger partial charge is 0.492 e. The molecule has 0 saturated heterocycles. The average Bonchev–Trinajstić information content (AvgIpc) is 2.96. The molecular formula is C14H12O3. The summed E-state index contributed by atoms with van der Waals surface area (Å²) in [5.41, 5.74) is 1.92. The third-order valence-corrected chi connectivity index (χ3v) is 3.05. The Balaban J connectivity index is 1.80. The summed E-state index contributed by atoms with van der Waals surface area (Å²) in [6.07, 6.45) is 3.60. The number of carbonyl (C=O) groups excluding carboxylic acids is 1. The molecule has 0 fully saturated rings. The minimum atomic E-state index is -0.138. The first kappa shape index (κ1) is 10.1. The van der Waals surface area contributed by atoms with Crippen LogP contribution in [0.4, 0.5) is 0 Å². The molecule has 0 amide bonds. The van der Waals surface area contributed by atoms with Crippen molar-refractivity contribution < 1.29 is 13.9 Å². The topological polar surface area (TPSA) is 39.4 Å². The van der Waals surface area contributed by atoms with E-state index >= 15 is 0 Å². The minimum Gasteiger partial charge on any atom is -0.492 e. The zero-order valence-corrected chi connectivity index (χ0v) is 9.26. The number of ketones is 1. The summed E-state index contributed by atoms with van der Waals surface area (Å²) < 4.78 is 10.5. The summed E-state index contributed by atoms with van der Waals surface area (Å²) in [4.78, 5) is 12.2. The molecule has 0 N–H and O–H groups in total. The molecule has 0 aliphatic carbocycles. The molecule has 86 valence electrons. The van der Waals surface area contributed by atoms with E-state index in [1.165, 1.54) is 0 Å². The van der Waals surface area contributed by atoms with Crippen LogP contribution in [0.5, 0.6) is 5.75 Å². The number of carbonyl (C=O) groups is 1. The first-order valence-corrected chi connectivity index (χ1v) is 5.60. The molecule has 1 aliphatic rings. The predicted molar refractivity (Wildman–Crippen MR) is 62.1 cm³/mol. The fraction of sp³-hybridized carbons (Fsp3) is 0.214. The third kappa shape index (κ3) is 1.84. The maximum Gasteiger partial charge on any atom is 0.148 e. The number of hydrogen-bond acceptors (Lipinski definition) is 3. The van der Waals surface area contributed by atoms with Crippen LogP contribution in [0.1, 0.15) is 17.0 Å². The molecule has 3 nitrogen and oxygen atoms in total. The van der Waals surface area contributed by atoms with Gasteiger partial charge >= 0.3 is 0 Å². The van der Waals surface area contributed by atoms with Crippen molar-refractivity contribution in [3.05, 3.63) is 54.0 Å². The maximum atomic E-state index is 12.2. The Kier molecular flexibility index (Phi) is 2.44. The molecule has 0 bridgehead atoms. The van der Waals surface area contributed by atoms with Crippen molar-refractivity contribution in [3.63, 3.8) is 0 Å². The number of furan rings is 1. The van der Waals surface area contributed by atoms with Crippen molar-refractivity contribution >= 4 is 5.78 Å². The number of ether oxygens (including phenoxy) is 1. The van der Waals surface area contributed by atoms with Crippen LogP contribution in [0.3, 0.4) is 0 Å². The van der Waals surface area contributed by atoms with Gasteiger partial charge in [0.05, 0.1) is 18.4 Å². The Morgan fingerprint density at radius 2 is 2.18 bits per heavy atom. The molecule has 2 aromatic rings. The molecule has 1 aliphatic heterocycles. The van der Waals surface area contributed by atoms with Gasteiger partial charge in [-0.15, -0.1) is 0 Å². The molecule has 2 heterocycles. The average molecular weight is 228 g/mol. The lowest BCUT2D eigenvalue weighted by Crippen LogP contribution is -2.16. The van der Waals surface area contributed by atoms with Gasteiger partial charge in [-0.2, -0.15) is 0 Å². The van der Waals surface area contributed by atoms with Crippen LogP contribution in [-0.2, 0) is 11.2 Å². The molecule has 17 heavy (non-hydrogen) atoms. The predicted octanol–water partition coefficient (Wildman–Crippen LogP) is 2.57. The van der Waals surface area contributed by atoms with Crippen LogP contribution in [0.2, 0.25) is 0 Å². The number of hydrogen-bond donors (Lipinski definition) is 0. The second-order valence-corrected chi connectivity index (χ2v) is 4.18. The van der Waals surface area contributed by atoms with Gasteiger partial charge in [-0.3, -0.25) is 4.79 Å². The molecule has 3 rings (SSSR count). The van der Waals surface area contributed by atoms with Gasteiger partial charge in [0.1, 0.15) is 18.1 Å². The summed E-state index contributed by atoms with van der Waals surface area (Å²) in [6.45, 7) is 0.454. The second kappa shape index (κ2) is 4.09. The summed E-state index contributed by atoms with van der Waals surface area (Å²) >= 11 is 0. The van der Waals surface area contributed by atoms with E-state index in [2.05, 4.69) is 0 Å². The standard InChI is InChI=1S/C14H12O3/c15-13(7-10-5-6-16-8-10)12-9-17-14-4-2-1-3-11(12)14/h1-6,8,12H,7,9H2. The highest BCUT2D eigenvalue weighted by atomic mass is 16.5. The van der Waals surface area contributed by atoms with Crippen molar-refractivity contribution in [3.8, 4) is 5.75 Å². The Labute approximate surface area is 99.0 Å². The SMILES string of the molecule is O=C(Cc1ccoc1)C1COc2ccccc21. The molecule has 1 unspecified atom stereocenters. The molecule has 0 spiro atoms. The van der Waals surface area contributed by atoms with Crippen molar-refractivity contribution in [1.29, 1.82) is 0 Å². The van der Waals surface area contributed by atoms with Gasteiger partial charge < -0.3 is 9.15 Å². The van der Waals surface area contributed by atoms with Gasteiger partial charge in [0.25, 0.3) is 0 Å². The lowest BCUT2D eigenvalue weighted by atomic mass is 9.93. The van der Waals surface area contributed by atoms with Crippen LogP contribution in [0.25, 0.3) is 0 Å². The molecular weight excluding hydrogens is 216 g/mol. The molecule has 1 atom stereocenters. The van der Waals surface area contributed by atoms with E-state index in [1.807, 2.05) is 30.3 Å². The van der Waals surface area contributed by atoms with Crippen LogP contribution in [0.15, 0.2) is 47.3 Å². The van der Waals surface area contributed by atoms with Gasteiger partial charge in [0.2, 0.25) is 0 Å². The third-order valence-electron chi connectivity index (χ3n) is 3.05. The van der Waals surface area contributed by atoms with E-state index in [0.717, 1.165) is 16.9 Å². The molecule has 1 aromatic heterocycles. The summed E-state index contributed by atoms with van der Waals surface area (Å²) in [5, 5.41) is 0. The van der Waals surface area contributed by atoms with Crippen LogP contribution in [0, 0.1) is 0 Å². The van der Waals surface area contributed by atoms with Crippen molar-refractivity contribution in [2.24, 2.45) is 0 Å². The van der Waals surface area contributed by atoms with Crippen LogP contribution < -0.4 is 4.74 Å². The van der Waals surface area contributed by atoms with E-state index in [4.69, 9.17) is 9.15 Å². The number of fused-ring (bicyclic) bond motifs is 1. The number of benzene rings is 1. The number of rotatable bonds is 3. The molecule has 3 heteroatoms. The maximum absolute atomic E-state index is 12.2. The number of Topliss-reactive ketones (excluding diaryl/α,β-unsaturated/α-hetero) is 1. The quantitative estimate of drug-likeness (QED) is 0.810. The van der Waals surface area contributed by atoms with E-state index < -0.39 is 0 Å². The first-order chi connectivity index (χ1) is 8.34. The van der Waals surface area contributed by atoms with Gasteiger partial charge in [-0.05, 0) is 17.7 Å². The summed E-state index contributed by atoms with van der Waals surface area (Å²) in [5.74, 6) is 0.871.